The Labute approximate surface area is 184 Å². The van der Waals surface area contributed by atoms with Gasteiger partial charge in [-0.15, -0.1) is 0 Å². The molecular weight excluding hydrogens is 411 g/mol. The van der Waals surface area contributed by atoms with E-state index in [0.29, 0.717) is 35.8 Å². The fourth-order valence-corrected chi connectivity index (χ4v) is 4.24. The molecule has 0 bridgehead atoms. The van der Waals surface area contributed by atoms with Gasteiger partial charge in [-0.2, -0.15) is 4.98 Å². The molecule has 2 aliphatic heterocycles. The summed E-state index contributed by atoms with van der Waals surface area (Å²) >= 11 is 0. The van der Waals surface area contributed by atoms with E-state index in [0.717, 1.165) is 18.4 Å². The third-order valence-corrected chi connectivity index (χ3v) is 5.88. The number of nitrogens with one attached hydrogen (secondary N) is 1. The molecule has 0 radical (unpaired) electrons. The van der Waals surface area contributed by atoms with Gasteiger partial charge in [0, 0.05) is 17.9 Å². The van der Waals surface area contributed by atoms with Crippen molar-refractivity contribution in [3.63, 3.8) is 0 Å². The van der Waals surface area contributed by atoms with Crippen LogP contribution in [0.25, 0.3) is 17.0 Å². The molecule has 2 aliphatic rings. The second-order valence-electron chi connectivity index (χ2n) is 7.97. The number of halogens is 1. The van der Waals surface area contributed by atoms with E-state index in [1.54, 1.807) is 17.0 Å². The van der Waals surface area contributed by atoms with Gasteiger partial charge in [0.1, 0.15) is 5.82 Å². The van der Waals surface area contributed by atoms with E-state index in [-0.39, 0.29) is 23.8 Å². The van der Waals surface area contributed by atoms with Crippen LogP contribution in [-0.4, -0.2) is 40.3 Å². The van der Waals surface area contributed by atoms with E-state index >= 15 is 0 Å². The maximum absolute atomic E-state index is 14.0. The third kappa shape index (κ3) is 3.89. The van der Waals surface area contributed by atoms with Crippen LogP contribution in [0.3, 0.4) is 0 Å². The molecule has 1 N–H and O–H groups in total. The number of aromatic nitrogens is 2. The largest absolute Gasteiger partial charge is 0.376 e. The van der Waals surface area contributed by atoms with Gasteiger partial charge < -0.3 is 14.6 Å². The summed E-state index contributed by atoms with van der Waals surface area (Å²) in [6, 6.07) is 14.8. The minimum Gasteiger partial charge on any atom is -0.376 e. The zero-order valence-corrected chi connectivity index (χ0v) is 17.6. The molecule has 1 aromatic heterocycles. The highest BCUT2D eigenvalue weighted by Gasteiger charge is 2.37. The molecule has 0 saturated carbocycles. The van der Waals surface area contributed by atoms with Gasteiger partial charge in [-0.05, 0) is 37.5 Å². The molecule has 32 heavy (non-hydrogen) atoms. The molecule has 8 heteroatoms. The van der Waals surface area contributed by atoms with E-state index in [9.17, 15) is 9.18 Å². The second kappa shape index (κ2) is 8.55. The maximum atomic E-state index is 14.0. The number of carbonyl (C=O) groups is 1. The Bertz CT molecular complexity index is 1150. The lowest BCUT2D eigenvalue weighted by Gasteiger charge is -2.36. The van der Waals surface area contributed by atoms with Gasteiger partial charge in [0.25, 0.3) is 5.89 Å². The molecule has 1 fully saturated rings. The monoisotopic (exact) mass is 434 g/mol. The van der Waals surface area contributed by atoms with E-state index in [1.807, 2.05) is 37.3 Å². The van der Waals surface area contributed by atoms with Gasteiger partial charge in [-0.3, -0.25) is 4.90 Å². The smallest absolute Gasteiger partial charge is 0.322 e. The Morgan fingerprint density at radius 3 is 2.78 bits per heavy atom. The topological polar surface area (TPSA) is 80.5 Å². The van der Waals surface area contributed by atoms with Crippen molar-refractivity contribution >= 4 is 11.6 Å². The molecule has 2 aromatic carbocycles. The minimum absolute atomic E-state index is 0.0229. The molecule has 2 atom stereocenters. The van der Waals surface area contributed by atoms with Crippen LogP contribution in [0.1, 0.15) is 37.3 Å². The van der Waals surface area contributed by atoms with E-state index in [2.05, 4.69) is 15.5 Å². The van der Waals surface area contributed by atoms with Crippen molar-refractivity contribution in [2.75, 3.05) is 13.2 Å². The van der Waals surface area contributed by atoms with Gasteiger partial charge in [-0.25, -0.2) is 9.18 Å². The molecule has 164 valence electrons. The summed E-state index contributed by atoms with van der Waals surface area (Å²) in [7, 11) is 0. The quantitative estimate of drug-likeness (QED) is 0.637. The Balaban J connectivity index is 1.58. The van der Waals surface area contributed by atoms with Crippen LogP contribution in [-0.2, 0) is 4.74 Å². The van der Waals surface area contributed by atoms with Crippen LogP contribution in [0.5, 0.6) is 0 Å². The summed E-state index contributed by atoms with van der Waals surface area (Å²) in [6.07, 6.45) is 1.86. The van der Waals surface area contributed by atoms with Gasteiger partial charge in [0.05, 0.1) is 24.3 Å². The van der Waals surface area contributed by atoms with Gasteiger partial charge in [0.15, 0.2) is 0 Å². The highest BCUT2D eigenvalue weighted by atomic mass is 19.1. The van der Waals surface area contributed by atoms with Crippen molar-refractivity contribution in [1.82, 2.24) is 20.4 Å². The lowest BCUT2D eigenvalue weighted by Crippen LogP contribution is -2.48. The highest BCUT2D eigenvalue weighted by molar-refractivity contribution is 5.86. The molecule has 0 aliphatic carbocycles. The van der Waals surface area contributed by atoms with E-state index < -0.39 is 6.04 Å². The van der Waals surface area contributed by atoms with Crippen LogP contribution >= 0.6 is 0 Å². The van der Waals surface area contributed by atoms with Crippen molar-refractivity contribution in [3.05, 3.63) is 77.6 Å². The number of amides is 2. The molecule has 5 rings (SSSR count). The van der Waals surface area contributed by atoms with Crippen LogP contribution in [0, 0.1) is 5.82 Å². The lowest BCUT2D eigenvalue weighted by atomic mass is 9.94. The van der Waals surface area contributed by atoms with Crippen molar-refractivity contribution in [2.45, 2.75) is 31.9 Å². The fourth-order valence-electron chi connectivity index (χ4n) is 4.24. The van der Waals surface area contributed by atoms with Crippen LogP contribution in [0.15, 0.2) is 64.8 Å². The first kappa shape index (κ1) is 20.4. The van der Waals surface area contributed by atoms with Crippen molar-refractivity contribution in [3.8, 4) is 11.4 Å². The number of carbonyl (C=O) groups excluding carboxylic acids is 1. The number of rotatable bonds is 5. The normalized spacial score (nSPS) is 21.2. The lowest BCUT2D eigenvalue weighted by molar-refractivity contribution is 0.0877. The number of allylic oxidation sites excluding steroid dienone is 1. The first-order chi connectivity index (χ1) is 15.6. The summed E-state index contributed by atoms with van der Waals surface area (Å²) in [6.45, 7) is 2.98. The maximum Gasteiger partial charge on any atom is 0.322 e. The Morgan fingerprint density at radius 1 is 1.19 bits per heavy atom. The SMILES string of the molecule is CC1=C(c2nc(-c3ccccc3)no2)C(c2cccc(F)c2)NC(=O)N1CC1CCCO1. The van der Waals surface area contributed by atoms with E-state index in [4.69, 9.17) is 9.26 Å². The molecule has 1 saturated heterocycles. The molecule has 7 nitrogen and oxygen atoms in total. The summed E-state index contributed by atoms with van der Waals surface area (Å²) in [5, 5.41) is 7.13. The summed E-state index contributed by atoms with van der Waals surface area (Å²) in [4.78, 5) is 19.3. The molecule has 3 aromatic rings. The summed E-state index contributed by atoms with van der Waals surface area (Å²) in [5.41, 5.74) is 2.74. The average molecular weight is 434 g/mol. The third-order valence-electron chi connectivity index (χ3n) is 5.88. The summed E-state index contributed by atoms with van der Waals surface area (Å²) < 4.78 is 25.4. The fraction of sp³-hybridized carbons (Fsp3) is 0.292. The average Bonchev–Trinajstić information content (AvgIpc) is 3.49. The first-order valence-electron chi connectivity index (χ1n) is 10.7. The van der Waals surface area contributed by atoms with Crippen molar-refractivity contribution < 1.29 is 18.4 Å². The Morgan fingerprint density at radius 2 is 2.03 bits per heavy atom. The summed E-state index contributed by atoms with van der Waals surface area (Å²) in [5.74, 6) is 0.348. The molecule has 2 amide bonds. The van der Waals surface area contributed by atoms with Crippen molar-refractivity contribution in [1.29, 1.82) is 0 Å². The highest BCUT2D eigenvalue weighted by Crippen LogP contribution is 2.38. The number of nitrogens with zero attached hydrogens (tertiary/aromatic N) is 3. The Kier molecular flexibility index (Phi) is 5.45. The second-order valence-corrected chi connectivity index (χ2v) is 7.97. The van der Waals surface area contributed by atoms with Crippen LogP contribution in [0.4, 0.5) is 9.18 Å². The molecule has 0 spiro atoms. The minimum atomic E-state index is -0.622. The first-order valence-corrected chi connectivity index (χ1v) is 10.7. The van der Waals surface area contributed by atoms with Gasteiger partial charge >= 0.3 is 6.03 Å². The van der Waals surface area contributed by atoms with E-state index in [1.165, 1.54) is 12.1 Å². The van der Waals surface area contributed by atoms with Crippen molar-refractivity contribution in [2.24, 2.45) is 0 Å². The van der Waals surface area contributed by atoms with Gasteiger partial charge in [-0.1, -0.05) is 47.6 Å². The number of urea groups is 1. The molecule has 2 unspecified atom stereocenters. The number of benzene rings is 2. The number of hydrogen-bond acceptors (Lipinski definition) is 5. The zero-order chi connectivity index (χ0) is 22.1. The predicted octanol–water partition coefficient (Wildman–Crippen LogP) is 4.55. The van der Waals surface area contributed by atoms with Crippen LogP contribution in [0.2, 0.25) is 0 Å². The standard InChI is InChI=1S/C24H23FN4O3/c1-15-20(23-27-22(28-32-23)16-7-3-2-4-8-16)21(17-9-5-10-18(25)13-17)26-24(30)29(15)14-19-11-6-12-31-19/h2-5,7-10,13,19,21H,6,11-12,14H2,1H3,(H,26,30). The predicted molar refractivity (Wildman–Crippen MR) is 116 cm³/mol. The number of hydrogen-bond donors (Lipinski definition) is 1. The number of ether oxygens (including phenoxy) is 1. The Hall–Kier alpha value is -3.52. The molecular formula is C24H23FN4O3. The molecule has 3 heterocycles. The van der Waals surface area contributed by atoms with Gasteiger partial charge in [0.2, 0.25) is 5.82 Å². The zero-order valence-electron chi connectivity index (χ0n) is 17.6. The van der Waals surface area contributed by atoms with Crippen LogP contribution < -0.4 is 5.32 Å².